The first-order valence-electron chi connectivity index (χ1n) is 8.76. The van der Waals surface area contributed by atoms with E-state index < -0.39 is 23.3 Å². The molecule has 6 nitrogen and oxygen atoms in total. The summed E-state index contributed by atoms with van der Waals surface area (Å²) >= 11 is 0. The molecule has 0 aromatic carbocycles. The van der Waals surface area contributed by atoms with Crippen LogP contribution in [0.5, 0.6) is 0 Å². The normalized spacial score (nSPS) is 17.4. The summed E-state index contributed by atoms with van der Waals surface area (Å²) in [5, 5.41) is 3.59. The number of aryl methyl sites for hydroxylation is 1. The Morgan fingerprint density at radius 1 is 1.15 bits per heavy atom. The number of rotatable bonds is 4. The minimum Gasteiger partial charge on any atom is -0.331 e. The molecule has 0 N–H and O–H groups in total. The van der Waals surface area contributed by atoms with Crippen LogP contribution in [-0.2, 0) is 18.0 Å². The van der Waals surface area contributed by atoms with E-state index in [0.717, 1.165) is 37.2 Å². The molecule has 0 radical (unpaired) electrons. The Hall–Kier alpha value is -2.58. The van der Waals surface area contributed by atoms with Crippen LogP contribution in [-0.4, -0.2) is 57.6 Å². The third-order valence-corrected chi connectivity index (χ3v) is 4.78. The van der Waals surface area contributed by atoms with Gasteiger partial charge in [0.2, 0.25) is 5.91 Å². The Morgan fingerprint density at radius 3 is 2.30 bits per heavy atom. The van der Waals surface area contributed by atoms with Crippen molar-refractivity contribution in [2.45, 2.75) is 25.9 Å². The highest BCUT2D eigenvalue weighted by Crippen LogP contribution is 2.33. The van der Waals surface area contributed by atoms with E-state index in [4.69, 9.17) is 0 Å². The molecule has 0 saturated carbocycles. The maximum absolute atomic E-state index is 13.2. The lowest BCUT2D eigenvalue weighted by Gasteiger charge is -2.22. The SMILES string of the molecule is CCC/C=C/C(=O)N1CC2=C(C1)CN(C(=O)c1cnn(C)c1C(F)(F)F)C2. The number of allylic oxidation sites excluding steroid dienone is 1. The number of carbonyl (C=O) groups excluding carboxylic acids is 2. The van der Waals surface area contributed by atoms with Crippen molar-refractivity contribution in [3.8, 4) is 0 Å². The van der Waals surface area contributed by atoms with Gasteiger partial charge in [-0.1, -0.05) is 19.4 Å². The summed E-state index contributed by atoms with van der Waals surface area (Å²) in [6, 6.07) is 0. The van der Waals surface area contributed by atoms with Crippen molar-refractivity contribution in [2.75, 3.05) is 26.2 Å². The zero-order valence-corrected chi connectivity index (χ0v) is 15.2. The van der Waals surface area contributed by atoms with Crippen LogP contribution in [0.2, 0.25) is 0 Å². The minimum atomic E-state index is -4.65. The van der Waals surface area contributed by atoms with Crippen molar-refractivity contribution < 1.29 is 22.8 Å². The number of unbranched alkanes of at least 4 members (excludes halogenated alkanes) is 1. The molecule has 3 rings (SSSR count). The van der Waals surface area contributed by atoms with Crippen LogP contribution in [0.25, 0.3) is 0 Å². The quantitative estimate of drug-likeness (QED) is 0.594. The number of halogens is 3. The molecule has 146 valence electrons. The Bertz CT molecular complexity index is 805. The van der Waals surface area contributed by atoms with Gasteiger partial charge in [-0.2, -0.15) is 18.3 Å². The van der Waals surface area contributed by atoms with Gasteiger partial charge in [-0.25, -0.2) is 0 Å². The van der Waals surface area contributed by atoms with Gasteiger partial charge in [0, 0.05) is 33.2 Å². The van der Waals surface area contributed by atoms with Gasteiger partial charge in [-0.05, 0) is 23.6 Å². The number of aromatic nitrogens is 2. The molecule has 3 heterocycles. The summed E-state index contributed by atoms with van der Waals surface area (Å²) in [5.41, 5.74) is 0.370. The summed E-state index contributed by atoms with van der Waals surface area (Å²) < 4.78 is 40.3. The average molecular weight is 382 g/mol. The van der Waals surface area contributed by atoms with Gasteiger partial charge in [-0.3, -0.25) is 14.3 Å². The molecule has 2 amide bonds. The molecular weight excluding hydrogens is 361 g/mol. The second kappa shape index (κ2) is 7.21. The lowest BCUT2D eigenvalue weighted by molar-refractivity contribution is -0.144. The van der Waals surface area contributed by atoms with Crippen molar-refractivity contribution in [3.05, 3.63) is 40.8 Å². The molecule has 1 aromatic rings. The zero-order chi connectivity index (χ0) is 19.8. The maximum atomic E-state index is 13.2. The summed E-state index contributed by atoms with van der Waals surface area (Å²) in [6.45, 7) is 3.33. The molecule has 1 aromatic heterocycles. The molecule has 0 spiro atoms. The first kappa shape index (κ1) is 19.2. The number of hydrogen-bond acceptors (Lipinski definition) is 3. The van der Waals surface area contributed by atoms with E-state index in [0.29, 0.717) is 17.8 Å². The number of amides is 2. The van der Waals surface area contributed by atoms with Crippen LogP contribution in [0.4, 0.5) is 13.2 Å². The molecule has 27 heavy (non-hydrogen) atoms. The molecule has 0 bridgehead atoms. The van der Waals surface area contributed by atoms with E-state index in [1.54, 1.807) is 11.0 Å². The van der Waals surface area contributed by atoms with Gasteiger partial charge >= 0.3 is 6.18 Å². The zero-order valence-electron chi connectivity index (χ0n) is 15.2. The second-order valence-electron chi connectivity index (χ2n) is 6.78. The highest BCUT2D eigenvalue weighted by Gasteiger charge is 2.42. The minimum absolute atomic E-state index is 0.0812. The average Bonchev–Trinajstić information content (AvgIpc) is 3.25. The molecule has 0 saturated heterocycles. The van der Waals surface area contributed by atoms with Crippen molar-refractivity contribution in [3.63, 3.8) is 0 Å². The topological polar surface area (TPSA) is 58.4 Å². The van der Waals surface area contributed by atoms with E-state index in [-0.39, 0.29) is 19.0 Å². The Balaban J connectivity index is 1.65. The molecule has 2 aliphatic rings. The van der Waals surface area contributed by atoms with Crippen LogP contribution in [0.3, 0.4) is 0 Å². The fourth-order valence-electron chi connectivity index (χ4n) is 3.44. The van der Waals surface area contributed by atoms with Gasteiger partial charge < -0.3 is 9.80 Å². The fraction of sp³-hybridized carbons (Fsp3) is 0.500. The van der Waals surface area contributed by atoms with Gasteiger partial charge in [0.1, 0.15) is 0 Å². The largest absolute Gasteiger partial charge is 0.433 e. The van der Waals surface area contributed by atoms with Gasteiger partial charge in [0.05, 0.1) is 11.8 Å². The van der Waals surface area contributed by atoms with E-state index >= 15 is 0 Å². The van der Waals surface area contributed by atoms with Gasteiger partial charge in [-0.15, -0.1) is 0 Å². The Kier molecular flexibility index (Phi) is 5.12. The molecule has 0 atom stereocenters. The molecule has 0 fully saturated rings. The van der Waals surface area contributed by atoms with E-state index in [9.17, 15) is 22.8 Å². The van der Waals surface area contributed by atoms with Crippen molar-refractivity contribution in [2.24, 2.45) is 7.05 Å². The number of hydrogen-bond donors (Lipinski definition) is 0. The summed E-state index contributed by atoms with van der Waals surface area (Å²) in [6.07, 6.45) is 1.50. The summed E-state index contributed by atoms with van der Waals surface area (Å²) in [5.74, 6) is -0.770. The standard InChI is InChI=1S/C18H21F3N4O2/c1-3-4-5-6-15(26)24-8-12-10-25(11-13(12)9-24)17(27)14-7-22-23(2)16(14)18(19,20)21/h5-7H,3-4,8-11H2,1-2H3/b6-5+. The smallest absolute Gasteiger partial charge is 0.331 e. The van der Waals surface area contributed by atoms with E-state index in [2.05, 4.69) is 5.10 Å². The lowest BCUT2D eigenvalue weighted by atomic mass is 10.2. The first-order valence-corrected chi connectivity index (χ1v) is 8.76. The molecule has 0 unspecified atom stereocenters. The first-order chi connectivity index (χ1) is 12.7. The predicted molar refractivity (Wildman–Crippen MR) is 91.8 cm³/mol. The second-order valence-corrected chi connectivity index (χ2v) is 6.78. The van der Waals surface area contributed by atoms with Crippen molar-refractivity contribution >= 4 is 11.8 Å². The Labute approximate surface area is 154 Å². The molecular formula is C18H21F3N4O2. The third kappa shape index (κ3) is 3.77. The Morgan fingerprint density at radius 2 is 1.74 bits per heavy atom. The van der Waals surface area contributed by atoms with Crippen LogP contribution in [0.15, 0.2) is 29.5 Å². The van der Waals surface area contributed by atoms with Crippen LogP contribution >= 0.6 is 0 Å². The van der Waals surface area contributed by atoms with Crippen LogP contribution < -0.4 is 0 Å². The monoisotopic (exact) mass is 382 g/mol. The van der Waals surface area contributed by atoms with Crippen molar-refractivity contribution in [1.82, 2.24) is 19.6 Å². The molecule has 9 heteroatoms. The number of nitrogens with zero attached hydrogens (tertiary/aromatic N) is 4. The maximum Gasteiger partial charge on any atom is 0.433 e. The lowest BCUT2D eigenvalue weighted by Crippen LogP contribution is -2.36. The number of carbonyl (C=O) groups is 2. The van der Waals surface area contributed by atoms with Gasteiger partial charge in [0.15, 0.2) is 5.69 Å². The van der Waals surface area contributed by atoms with Gasteiger partial charge in [0.25, 0.3) is 5.91 Å². The van der Waals surface area contributed by atoms with Crippen LogP contribution in [0, 0.1) is 0 Å². The summed E-state index contributed by atoms with van der Waals surface area (Å²) in [4.78, 5) is 27.8. The highest BCUT2D eigenvalue weighted by atomic mass is 19.4. The predicted octanol–water partition coefficient (Wildman–Crippen LogP) is 2.39. The fourth-order valence-corrected chi connectivity index (χ4v) is 3.44. The summed E-state index contributed by atoms with van der Waals surface area (Å²) in [7, 11) is 1.16. The number of alkyl halides is 3. The molecule has 0 aliphatic carbocycles. The molecule has 2 aliphatic heterocycles. The third-order valence-electron chi connectivity index (χ3n) is 4.78. The van der Waals surface area contributed by atoms with Crippen molar-refractivity contribution in [1.29, 1.82) is 0 Å². The highest BCUT2D eigenvalue weighted by molar-refractivity contribution is 5.96. The van der Waals surface area contributed by atoms with Crippen LogP contribution in [0.1, 0.15) is 35.8 Å². The van der Waals surface area contributed by atoms with E-state index in [1.165, 1.54) is 4.90 Å². The van der Waals surface area contributed by atoms with E-state index in [1.807, 2.05) is 13.0 Å².